The molecule has 0 fully saturated rings. The molecule has 5 rings (SSSR count). The molecular weight excluding hydrogens is 464 g/mol. The molecular formula is C24H20N8O2S. The molecule has 0 radical (unpaired) electrons. The van der Waals surface area contributed by atoms with Crippen molar-refractivity contribution in [2.45, 2.75) is 4.90 Å². The average molecular weight is 485 g/mol. The van der Waals surface area contributed by atoms with Crippen molar-refractivity contribution in [1.82, 2.24) is 24.7 Å². The fraction of sp³-hybridized carbons (Fsp3) is 0. The summed E-state index contributed by atoms with van der Waals surface area (Å²) in [6.45, 7) is 0. The molecule has 35 heavy (non-hydrogen) atoms. The minimum atomic E-state index is -3.74. The number of hydrogen-bond donors (Lipinski definition) is 3. The summed E-state index contributed by atoms with van der Waals surface area (Å²) in [7, 11) is -3.74. The van der Waals surface area contributed by atoms with E-state index < -0.39 is 10.0 Å². The van der Waals surface area contributed by atoms with Crippen LogP contribution in [0.5, 0.6) is 0 Å². The normalized spacial score (nSPS) is 11.1. The molecule has 0 amide bonds. The van der Waals surface area contributed by atoms with E-state index in [1.54, 1.807) is 83.9 Å². The molecule has 174 valence electrons. The highest BCUT2D eigenvalue weighted by Gasteiger charge is 2.14. The van der Waals surface area contributed by atoms with Gasteiger partial charge in [0, 0.05) is 36.0 Å². The predicted molar refractivity (Wildman–Crippen MR) is 134 cm³/mol. The van der Waals surface area contributed by atoms with E-state index in [4.69, 9.17) is 0 Å². The van der Waals surface area contributed by atoms with Crippen molar-refractivity contribution in [2.75, 3.05) is 15.4 Å². The van der Waals surface area contributed by atoms with Crippen molar-refractivity contribution in [3.63, 3.8) is 0 Å². The van der Waals surface area contributed by atoms with E-state index >= 15 is 0 Å². The highest BCUT2D eigenvalue weighted by Crippen LogP contribution is 2.22. The van der Waals surface area contributed by atoms with Crippen LogP contribution in [0.15, 0.2) is 109 Å². The van der Waals surface area contributed by atoms with Crippen LogP contribution in [0.2, 0.25) is 0 Å². The van der Waals surface area contributed by atoms with E-state index in [2.05, 4.69) is 35.4 Å². The van der Waals surface area contributed by atoms with Crippen molar-refractivity contribution in [1.29, 1.82) is 0 Å². The zero-order valence-corrected chi connectivity index (χ0v) is 19.1. The molecule has 11 heteroatoms. The van der Waals surface area contributed by atoms with Crippen LogP contribution in [-0.4, -0.2) is 33.2 Å². The third kappa shape index (κ3) is 5.42. The van der Waals surface area contributed by atoms with Crippen molar-refractivity contribution >= 4 is 38.9 Å². The van der Waals surface area contributed by atoms with Gasteiger partial charge < -0.3 is 10.6 Å². The summed E-state index contributed by atoms with van der Waals surface area (Å²) in [6, 6.07) is 22.4. The number of anilines is 5. The van der Waals surface area contributed by atoms with Crippen LogP contribution in [0, 0.1) is 0 Å². The average Bonchev–Trinajstić information content (AvgIpc) is 3.41. The van der Waals surface area contributed by atoms with Crippen molar-refractivity contribution in [3.8, 4) is 5.69 Å². The third-order valence-corrected chi connectivity index (χ3v) is 6.31. The molecule has 10 nitrogen and oxygen atoms in total. The van der Waals surface area contributed by atoms with Gasteiger partial charge >= 0.3 is 0 Å². The fourth-order valence-corrected chi connectivity index (χ4v) is 4.30. The first kappa shape index (κ1) is 22.0. The maximum absolute atomic E-state index is 12.8. The molecule has 0 aliphatic rings. The molecule has 0 aliphatic heterocycles. The largest absolute Gasteiger partial charge is 0.340 e. The first-order chi connectivity index (χ1) is 17.0. The summed E-state index contributed by atoms with van der Waals surface area (Å²) in [6.07, 6.45) is 6.58. The molecule has 0 bridgehead atoms. The number of nitrogens with zero attached hydrogens (tertiary/aromatic N) is 5. The SMILES string of the molecule is O=S(=O)(Nc1ccc(Nc2cc(Nc3ccccn3)ncn2)cc1)c1ccc(-n2cccn2)cc1. The molecule has 3 aromatic heterocycles. The van der Waals surface area contributed by atoms with E-state index in [1.165, 1.54) is 6.33 Å². The standard InChI is InChI=1S/C24H20N8O2S/c33-35(34,21-11-9-20(10-12-21)32-15-3-14-28-32)31-19-7-5-18(6-8-19)29-23-16-24(27-17-26-23)30-22-4-1-2-13-25-22/h1-17,31H,(H2,25,26,27,29,30). The van der Waals surface area contributed by atoms with Crippen LogP contribution in [-0.2, 0) is 10.0 Å². The molecule has 0 aliphatic carbocycles. The van der Waals surface area contributed by atoms with E-state index in [9.17, 15) is 8.42 Å². The second kappa shape index (κ2) is 9.61. The van der Waals surface area contributed by atoms with Gasteiger partial charge in [0.25, 0.3) is 10.0 Å². The van der Waals surface area contributed by atoms with Gasteiger partial charge in [-0.25, -0.2) is 28.1 Å². The topological polar surface area (TPSA) is 127 Å². The first-order valence-electron chi connectivity index (χ1n) is 10.6. The van der Waals surface area contributed by atoms with Gasteiger partial charge in [0.05, 0.1) is 10.6 Å². The minimum absolute atomic E-state index is 0.157. The first-order valence-corrected chi connectivity index (χ1v) is 12.0. The Morgan fingerprint density at radius 1 is 0.686 bits per heavy atom. The Morgan fingerprint density at radius 2 is 1.43 bits per heavy atom. The second-order valence-corrected chi connectivity index (χ2v) is 9.06. The second-order valence-electron chi connectivity index (χ2n) is 7.38. The molecule has 3 heterocycles. The van der Waals surface area contributed by atoms with E-state index in [1.807, 2.05) is 18.2 Å². The lowest BCUT2D eigenvalue weighted by atomic mass is 10.3. The highest BCUT2D eigenvalue weighted by molar-refractivity contribution is 7.92. The van der Waals surface area contributed by atoms with Crippen LogP contribution in [0.25, 0.3) is 5.69 Å². The van der Waals surface area contributed by atoms with Gasteiger partial charge in [0.1, 0.15) is 23.8 Å². The fourth-order valence-electron chi connectivity index (χ4n) is 3.25. The summed E-state index contributed by atoms with van der Waals surface area (Å²) in [5.74, 6) is 1.83. The molecule has 0 saturated carbocycles. The summed E-state index contributed by atoms with van der Waals surface area (Å²) in [5.41, 5.74) is 1.94. The van der Waals surface area contributed by atoms with Gasteiger partial charge in [-0.3, -0.25) is 4.72 Å². The van der Waals surface area contributed by atoms with Gasteiger partial charge in [-0.05, 0) is 66.7 Å². The lowest BCUT2D eigenvalue weighted by molar-refractivity contribution is 0.601. The number of nitrogens with one attached hydrogen (secondary N) is 3. The van der Waals surface area contributed by atoms with E-state index in [-0.39, 0.29) is 4.90 Å². The molecule has 5 aromatic rings. The lowest BCUT2D eigenvalue weighted by Crippen LogP contribution is -2.13. The zero-order chi connectivity index (χ0) is 24.1. The van der Waals surface area contributed by atoms with Crippen LogP contribution >= 0.6 is 0 Å². The Kier molecular flexibility index (Phi) is 6.05. The Morgan fingerprint density at radius 3 is 2.11 bits per heavy atom. The number of aromatic nitrogens is 5. The highest BCUT2D eigenvalue weighted by atomic mass is 32.2. The minimum Gasteiger partial charge on any atom is -0.340 e. The molecule has 3 N–H and O–H groups in total. The van der Waals surface area contributed by atoms with Gasteiger partial charge in [-0.15, -0.1) is 0 Å². The number of benzene rings is 2. The number of pyridine rings is 1. The van der Waals surface area contributed by atoms with Crippen LogP contribution in [0.1, 0.15) is 0 Å². The van der Waals surface area contributed by atoms with Gasteiger partial charge in [-0.1, -0.05) is 6.07 Å². The van der Waals surface area contributed by atoms with Crippen LogP contribution < -0.4 is 15.4 Å². The summed E-state index contributed by atoms with van der Waals surface area (Å²) in [5, 5.41) is 10.4. The monoisotopic (exact) mass is 484 g/mol. The quantitative estimate of drug-likeness (QED) is 0.297. The number of sulfonamides is 1. The summed E-state index contributed by atoms with van der Waals surface area (Å²) < 4.78 is 29.8. The number of rotatable bonds is 8. The summed E-state index contributed by atoms with van der Waals surface area (Å²) >= 11 is 0. The smallest absolute Gasteiger partial charge is 0.261 e. The Labute approximate surface area is 201 Å². The van der Waals surface area contributed by atoms with Crippen molar-refractivity contribution in [2.24, 2.45) is 0 Å². The lowest BCUT2D eigenvalue weighted by Gasteiger charge is -2.11. The van der Waals surface area contributed by atoms with Crippen molar-refractivity contribution in [3.05, 3.63) is 104 Å². The Hall–Kier alpha value is -4.77. The molecule has 0 unspecified atom stereocenters. The molecule has 2 aromatic carbocycles. The zero-order valence-electron chi connectivity index (χ0n) is 18.3. The predicted octanol–water partition coefficient (Wildman–Crippen LogP) is 4.35. The van der Waals surface area contributed by atoms with Crippen LogP contribution in [0.3, 0.4) is 0 Å². The Bertz CT molecular complexity index is 1510. The maximum atomic E-state index is 12.8. The van der Waals surface area contributed by atoms with Crippen molar-refractivity contribution < 1.29 is 8.42 Å². The van der Waals surface area contributed by atoms with E-state index in [0.717, 1.165) is 11.4 Å². The van der Waals surface area contributed by atoms with Gasteiger partial charge in [0.2, 0.25) is 0 Å². The van der Waals surface area contributed by atoms with E-state index in [0.29, 0.717) is 23.1 Å². The Balaban J connectivity index is 1.24. The summed E-state index contributed by atoms with van der Waals surface area (Å²) in [4.78, 5) is 12.8. The molecule has 0 atom stereocenters. The van der Waals surface area contributed by atoms with Gasteiger partial charge in [0.15, 0.2) is 0 Å². The number of hydrogen-bond acceptors (Lipinski definition) is 8. The maximum Gasteiger partial charge on any atom is 0.261 e. The third-order valence-electron chi connectivity index (χ3n) is 4.91. The van der Waals surface area contributed by atoms with Gasteiger partial charge in [-0.2, -0.15) is 5.10 Å². The molecule has 0 spiro atoms. The molecule has 0 saturated heterocycles. The van der Waals surface area contributed by atoms with Crippen LogP contribution in [0.4, 0.5) is 28.8 Å².